The summed E-state index contributed by atoms with van der Waals surface area (Å²) in [6, 6.07) is 8.00. The zero-order valence-corrected chi connectivity index (χ0v) is 12.6. The van der Waals surface area contributed by atoms with Crippen molar-refractivity contribution in [2.24, 2.45) is 4.99 Å². The lowest BCUT2D eigenvalue weighted by Crippen LogP contribution is -2.16. The van der Waals surface area contributed by atoms with Gasteiger partial charge in [0.25, 0.3) is 0 Å². The number of hydrogen-bond donors (Lipinski definition) is 1. The maximum Gasteiger partial charge on any atom is 0.136 e. The van der Waals surface area contributed by atoms with Crippen LogP contribution in [-0.4, -0.2) is 32.0 Å². The number of aliphatic imine (C=N–C) groups is 1. The molecule has 0 unspecified atom stereocenters. The van der Waals surface area contributed by atoms with Gasteiger partial charge in [-0.15, -0.1) is 0 Å². The summed E-state index contributed by atoms with van der Waals surface area (Å²) in [6.45, 7) is 0.752. The van der Waals surface area contributed by atoms with Crippen LogP contribution in [0.1, 0.15) is 11.4 Å². The predicted molar refractivity (Wildman–Crippen MR) is 88.8 cm³/mol. The first kappa shape index (κ1) is 13.6. The highest BCUT2D eigenvalue weighted by Gasteiger charge is 2.20. The minimum Gasteiger partial charge on any atom is -0.279 e. The fourth-order valence-corrected chi connectivity index (χ4v) is 2.64. The van der Waals surface area contributed by atoms with Crippen LogP contribution in [0.5, 0.6) is 0 Å². The molecule has 3 aromatic rings. The standard InChI is InChI=1S/C17H16N6/c1-6-18-7-2-13(1)3-10-20-16-11-17-21-12-15(23(17)22-16)14-4-8-19-9-5-14/h1-2,4-9,12H,3,10-11H2,(H,20,22). The fraction of sp³-hybridized carbons (Fsp3) is 0.176. The Bertz CT molecular complexity index is 823. The monoisotopic (exact) mass is 304 g/mol. The molecule has 0 amide bonds. The molecule has 1 aliphatic rings. The van der Waals surface area contributed by atoms with Crippen LogP contribution < -0.4 is 5.43 Å². The topological polar surface area (TPSA) is 68.0 Å². The molecule has 1 N–H and O–H groups in total. The fourth-order valence-electron chi connectivity index (χ4n) is 2.64. The van der Waals surface area contributed by atoms with Gasteiger partial charge in [-0.1, -0.05) is 0 Å². The van der Waals surface area contributed by atoms with Crippen LogP contribution in [0.25, 0.3) is 11.3 Å². The average molecular weight is 304 g/mol. The third kappa shape index (κ3) is 2.83. The number of amidine groups is 1. The second kappa shape index (κ2) is 6.00. The summed E-state index contributed by atoms with van der Waals surface area (Å²) >= 11 is 0. The van der Waals surface area contributed by atoms with Gasteiger partial charge in [-0.05, 0) is 36.2 Å². The summed E-state index contributed by atoms with van der Waals surface area (Å²) in [5, 5.41) is 0. The summed E-state index contributed by atoms with van der Waals surface area (Å²) in [7, 11) is 0. The minimum atomic E-state index is 0.738. The number of imidazole rings is 1. The Hall–Kier alpha value is -3.02. The van der Waals surface area contributed by atoms with E-state index in [0.29, 0.717) is 0 Å². The van der Waals surface area contributed by atoms with Crippen molar-refractivity contribution in [1.29, 1.82) is 0 Å². The van der Waals surface area contributed by atoms with E-state index in [1.54, 1.807) is 12.4 Å². The van der Waals surface area contributed by atoms with Gasteiger partial charge >= 0.3 is 0 Å². The number of nitrogens with one attached hydrogen (secondary N) is 1. The Morgan fingerprint density at radius 3 is 2.57 bits per heavy atom. The second-order valence-electron chi connectivity index (χ2n) is 5.35. The van der Waals surface area contributed by atoms with Crippen molar-refractivity contribution < 1.29 is 0 Å². The molecule has 0 aliphatic carbocycles. The Labute approximate surface area is 133 Å². The molecule has 0 radical (unpaired) electrons. The van der Waals surface area contributed by atoms with Gasteiger partial charge in [0.2, 0.25) is 0 Å². The summed E-state index contributed by atoms with van der Waals surface area (Å²) in [6.07, 6.45) is 10.7. The first-order valence-electron chi connectivity index (χ1n) is 7.56. The van der Waals surface area contributed by atoms with E-state index in [-0.39, 0.29) is 0 Å². The van der Waals surface area contributed by atoms with Crippen LogP contribution in [0.3, 0.4) is 0 Å². The zero-order chi connectivity index (χ0) is 15.5. The van der Waals surface area contributed by atoms with E-state index in [9.17, 15) is 0 Å². The van der Waals surface area contributed by atoms with Crippen LogP contribution in [0.15, 0.2) is 60.2 Å². The molecular formula is C17H16N6. The van der Waals surface area contributed by atoms with Gasteiger partial charge in [-0.25, -0.2) is 9.66 Å². The molecule has 0 saturated heterocycles. The summed E-state index contributed by atoms with van der Waals surface area (Å²) in [4.78, 5) is 17.2. The number of rotatable bonds is 4. The second-order valence-corrected chi connectivity index (χ2v) is 5.35. The summed E-state index contributed by atoms with van der Waals surface area (Å²) < 4.78 is 2.00. The number of fused-ring (bicyclic) bond motifs is 1. The molecule has 0 saturated carbocycles. The van der Waals surface area contributed by atoms with Gasteiger partial charge in [0.1, 0.15) is 11.7 Å². The molecule has 114 valence electrons. The van der Waals surface area contributed by atoms with E-state index in [0.717, 1.165) is 42.3 Å². The lowest BCUT2D eigenvalue weighted by Gasteiger charge is -2.06. The third-order valence-corrected chi connectivity index (χ3v) is 3.83. The zero-order valence-electron chi connectivity index (χ0n) is 12.6. The van der Waals surface area contributed by atoms with E-state index in [1.807, 2.05) is 47.5 Å². The molecule has 3 aromatic heterocycles. The van der Waals surface area contributed by atoms with E-state index >= 15 is 0 Å². The highest BCUT2D eigenvalue weighted by atomic mass is 15.5. The maximum atomic E-state index is 4.65. The number of aromatic nitrogens is 4. The summed E-state index contributed by atoms with van der Waals surface area (Å²) in [5.41, 5.74) is 6.70. The van der Waals surface area contributed by atoms with Crippen LogP contribution in [0.2, 0.25) is 0 Å². The van der Waals surface area contributed by atoms with Gasteiger partial charge in [0.05, 0.1) is 18.3 Å². The van der Waals surface area contributed by atoms with Crippen LogP contribution in [0.4, 0.5) is 0 Å². The molecule has 4 heterocycles. The minimum absolute atomic E-state index is 0.738. The summed E-state index contributed by atoms with van der Waals surface area (Å²) in [5.74, 6) is 1.94. The molecule has 0 fully saturated rings. The van der Waals surface area contributed by atoms with E-state index in [4.69, 9.17) is 0 Å². The van der Waals surface area contributed by atoms with Crippen LogP contribution in [0, 0.1) is 0 Å². The average Bonchev–Trinajstić information content (AvgIpc) is 3.17. The van der Waals surface area contributed by atoms with Crippen molar-refractivity contribution in [1.82, 2.24) is 19.6 Å². The number of pyridine rings is 2. The Morgan fingerprint density at radius 1 is 1.04 bits per heavy atom. The van der Waals surface area contributed by atoms with Crippen LogP contribution >= 0.6 is 0 Å². The van der Waals surface area contributed by atoms with Crippen molar-refractivity contribution in [3.05, 3.63) is 66.6 Å². The first-order chi connectivity index (χ1) is 11.4. The van der Waals surface area contributed by atoms with Crippen molar-refractivity contribution in [2.75, 3.05) is 12.0 Å². The van der Waals surface area contributed by atoms with E-state index in [1.165, 1.54) is 5.56 Å². The van der Waals surface area contributed by atoms with E-state index < -0.39 is 0 Å². The smallest absolute Gasteiger partial charge is 0.136 e. The molecule has 0 aromatic carbocycles. The Kier molecular flexibility index (Phi) is 3.56. The normalized spacial score (nSPS) is 14.7. The SMILES string of the molecule is c1cc(CCN=C2Cc3ncc(-c4ccncc4)n3N2)ccn1. The highest BCUT2D eigenvalue weighted by molar-refractivity contribution is 5.94. The predicted octanol–water partition coefficient (Wildman–Crippen LogP) is 2.08. The van der Waals surface area contributed by atoms with Gasteiger partial charge in [0.15, 0.2) is 0 Å². The molecule has 0 spiro atoms. The Morgan fingerprint density at radius 2 is 1.78 bits per heavy atom. The van der Waals surface area contributed by atoms with E-state index in [2.05, 4.69) is 25.4 Å². The lowest BCUT2D eigenvalue weighted by atomic mass is 10.2. The number of hydrogen-bond acceptors (Lipinski definition) is 4. The first-order valence-corrected chi connectivity index (χ1v) is 7.56. The highest BCUT2D eigenvalue weighted by Crippen LogP contribution is 2.21. The molecule has 6 heteroatoms. The van der Waals surface area contributed by atoms with Gasteiger partial charge in [0, 0.05) is 36.9 Å². The van der Waals surface area contributed by atoms with Crippen molar-refractivity contribution in [2.45, 2.75) is 12.8 Å². The molecule has 1 aliphatic heterocycles. The van der Waals surface area contributed by atoms with Crippen molar-refractivity contribution in [3.63, 3.8) is 0 Å². The molecule has 0 atom stereocenters. The largest absolute Gasteiger partial charge is 0.279 e. The molecular weight excluding hydrogens is 288 g/mol. The maximum absolute atomic E-state index is 4.65. The van der Waals surface area contributed by atoms with Gasteiger partial charge in [-0.3, -0.25) is 20.4 Å². The van der Waals surface area contributed by atoms with Gasteiger partial charge < -0.3 is 0 Å². The van der Waals surface area contributed by atoms with Crippen LogP contribution in [-0.2, 0) is 12.8 Å². The van der Waals surface area contributed by atoms with Crippen molar-refractivity contribution >= 4 is 5.84 Å². The van der Waals surface area contributed by atoms with Crippen molar-refractivity contribution in [3.8, 4) is 11.3 Å². The molecule has 0 bridgehead atoms. The number of nitrogens with zero attached hydrogens (tertiary/aromatic N) is 5. The Balaban J connectivity index is 1.46. The molecule has 6 nitrogen and oxygen atoms in total. The lowest BCUT2D eigenvalue weighted by molar-refractivity contribution is 0.949. The van der Waals surface area contributed by atoms with Gasteiger partial charge in [-0.2, -0.15) is 0 Å². The molecule has 23 heavy (non-hydrogen) atoms. The third-order valence-electron chi connectivity index (χ3n) is 3.83. The quantitative estimate of drug-likeness (QED) is 0.801. The molecule has 4 rings (SSSR count).